The van der Waals surface area contributed by atoms with E-state index in [1.807, 2.05) is 0 Å². The van der Waals surface area contributed by atoms with Gasteiger partial charge < -0.3 is 4.74 Å². The second-order valence-electron chi connectivity index (χ2n) is 5.67. The van der Waals surface area contributed by atoms with Crippen molar-refractivity contribution in [3.8, 4) is 5.75 Å². The van der Waals surface area contributed by atoms with Crippen LogP contribution in [0.4, 0.5) is 10.5 Å². The summed E-state index contributed by atoms with van der Waals surface area (Å²) in [7, 11) is 1.49. The number of hydrogen-bond acceptors (Lipinski definition) is 4. The number of ether oxygens (including phenoxy) is 1. The molecule has 1 aliphatic rings. The number of methoxy groups -OCH3 is 1. The summed E-state index contributed by atoms with van der Waals surface area (Å²) in [6.07, 6.45) is 1.38. The number of imide groups is 2. The van der Waals surface area contributed by atoms with Gasteiger partial charge in [0.15, 0.2) is 0 Å². The minimum absolute atomic E-state index is 0.169. The van der Waals surface area contributed by atoms with Crippen LogP contribution in [0, 0.1) is 6.92 Å². The van der Waals surface area contributed by atoms with Crippen molar-refractivity contribution in [1.29, 1.82) is 0 Å². The minimum Gasteiger partial charge on any atom is -0.497 e. The maximum absolute atomic E-state index is 12.9. The quantitative estimate of drug-likeness (QED) is 0.664. The van der Waals surface area contributed by atoms with Gasteiger partial charge in [0.2, 0.25) is 0 Å². The van der Waals surface area contributed by atoms with Crippen LogP contribution in [0.3, 0.4) is 0 Å². The molecule has 0 saturated carbocycles. The second kappa shape index (κ2) is 7.01. The number of nitrogens with one attached hydrogen (secondary N) is 1. The fourth-order valence-corrected chi connectivity index (χ4v) is 2.88. The Morgan fingerprint density at radius 3 is 2.54 bits per heavy atom. The van der Waals surface area contributed by atoms with E-state index < -0.39 is 17.8 Å². The summed E-state index contributed by atoms with van der Waals surface area (Å²) in [6.45, 7) is 1.78. The zero-order valence-corrected chi connectivity index (χ0v) is 14.8. The van der Waals surface area contributed by atoms with E-state index >= 15 is 0 Å². The lowest BCUT2D eigenvalue weighted by Gasteiger charge is -2.27. The minimum atomic E-state index is -0.782. The number of carbonyl (C=O) groups excluding carboxylic acids is 3. The standard InChI is InChI=1S/C19H15ClN2O4/c1-11-5-3-4-6-16(11)22-18(24)15(17(23)21-19(22)25)9-12-7-13(20)10-14(8-12)26-2/h3-10H,1-2H3,(H,21,23,25)/b15-9+. The van der Waals surface area contributed by atoms with Gasteiger partial charge in [0.25, 0.3) is 11.8 Å². The van der Waals surface area contributed by atoms with Crippen molar-refractivity contribution < 1.29 is 19.1 Å². The van der Waals surface area contributed by atoms with Gasteiger partial charge in [-0.25, -0.2) is 9.69 Å². The van der Waals surface area contributed by atoms with Gasteiger partial charge in [-0.15, -0.1) is 0 Å². The van der Waals surface area contributed by atoms with Gasteiger partial charge >= 0.3 is 6.03 Å². The first-order chi connectivity index (χ1) is 12.4. The van der Waals surface area contributed by atoms with Crippen molar-refractivity contribution in [3.63, 3.8) is 0 Å². The van der Waals surface area contributed by atoms with Crippen LogP contribution in [0.15, 0.2) is 48.0 Å². The Labute approximate surface area is 155 Å². The van der Waals surface area contributed by atoms with E-state index in [9.17, 15) is 14.4 Å². The highest BCUT2D eigenvalue weighted by atomic mass is 35.5. The molecule has 2 aromatic rings. The largest absolute Gasteiger partial charge is 0.497 e. The number of barbiturate groups is 1. The molecular weight excluding hydrogens is 356 g/mol. The highest BCUT2D eigenvalue weighted by Crippen LogP contribution is 2.26. The maximum Gasteiger partial charge on any atom is 0.335 e. The lowest BCUT2D eigenvalue weighted by atomic mass is 10.1. The predicted molar refractivity (Wildman–Crippen MR) is 98.2 cm³/mol. The molecule has 1 saturated heterocycles. The summed E-state index contributed by atoms with van der Waals surface area (Å²) in [6, 6.07) is 11.0. The van der Waals surface area contributed by atoms with Gasteiger partial charge in [0.05, 0.1) is 12.8 Å². The zero-order chi connectivity index (χ0) is 18.8. The number of rotatable bonds is 3. The lowest BCUT2D eigenvalue weighted by molar-refractivity contribution is -0.122. The SMILES string of the molecule is COc1cc(Cl)cc(/C=C2\C(=O)NC(=O)N(c3ccccc3C)C2=O)c1. The highest BCUT2D eigenvalue weighted by Gasteiger charge is 2.37. The number of carbonyl (C=O) groups is 3. The smallest absolute Gasteiger partial charge is 0.335 e. The molecule has 7 heteroatoms. The molecule has 3 rings (SSSR count). The number of nitrogens with zero attached hydrogens (tertiary/aromatic N) is 1. The Morgan fingerprint density at radius 1 is 1.12 bits per heavy atom. The van der Waals surface area contributed by atoms with Crippen LogP contribution >= 0.6 is 11.6 Å². The summed E-state index contributed by atoms with van der Waals surface area (Å²) >= 11 is 6.03. The molecule has 26 heavy (non-hydrogen) atoms. The second-order valence-corrected chi connectivity index (χ2v) is 6.11. The molecule has 132 valence electrons. The van der Waals surface area contributed by atoms with Crippen molar-refractivity contribution in [2.75, 3.05) is 12.0 Å². The Kier molecular flexibility index (Phi) is 4.77. The van der Waals surface area contributed by atoms with Crippen LogP contribution in [0.25, 0.3) is 6.08 Å². The lowest BCUT2D eigenvalue weighted by Crippen LogP contribution is -2.54. The fraction of sp³-hybridized carbons (Fsp3) is 0.105. The molecule has 0 radical (unpaired) electrons. The maximum atomic E-state index is 12.9. The molecule has 4 amide bonds. The van der Waals surface area contributed by atoms with Gasteiger partial charge in [0, 0.05) is 5.02 Å². The Bertz CT molecular complexity index is 952. The van der Waals surface area contributed by atoms with Crippen LogP contribution in [-0.2, 0) is 9.59 Å². The molecule has 0 bridgehead atoms. The molecule has 0 aliphatic carbocycles. The number of benzene rings is 2. The average Bonchev–Trinajstić information content (AvgIpc) is 2.59. The summed E-state index contributed by atoms with van der Waals surface area (Å²) < 4.78 is 5.14. The topological polar surface area (TPSA) is 75.7 Å². The summed E-state index contributed by atoms with van der Waals surface area (Å²) in [5.41, 5.74) is 1.48. The number of hydrogen-bond donors (Lipinski definition) is 1. The molecule has 2 aromatic carbocycles. The number of urea groups is 1. The number of amides is 4. The Hall–Kier alpha value is -3.12. The monoisotopic (exact) mass is 370 g/mol. The molecule has 0 spiro atoms. The summed E-state index contributed by atoms with van der Waals surface area (Å²) in [5, 5.41) is 2.59. The third kappa shape index (κ3) is 3.32. The van der Waals surface area contributed by atoms with Crippen molar-refractivity contribution in [1.82, 2.24) is 5.32 Å². The van der Waals surface area contributed by atoms with Crippen molar-refractivity contribution in [2.45, 2.75) is 6.92 Å². The third-order valence-corrected chi connectivity index (χ3v) is 4.12. The predicted octanol–water partition coefficient (Wildman–Crippen LogP) is 3.32. The van der Waals surface area contributed by atoms with Crippen molar-refractivity contribution in [2.24, 2.45) is 0 Å². The Balaban J connectivity index is 2.06. The number of para-hydroxylation sites is 1. The molecule has 0 atom stereocenters. The molecule has 1 N–H and O–H groups in total. The molecule has 1 fully saturated rings. The number of aryl methyl sites for hydroxylation is 1. The molecule has 0 aromatic heterocycles. The van der Waals surface area contributed by atoms with Crippen LogP contribution in [-0.4, -0.2) is 25.0 Å². The first-order valence-electron chi connectivity index (χ1n) is 7.72. The number of anilines is 1. The first-order valence-corrected chi connectivity index (χ1v) is 8.10. The van der Waals surface area contributed by atoms with Gasteiger partial charge in [-0.3, -0.25) is 14.9 Å². The van der Waals surface area contributed by atoms with E-state index in [0.29, 0.717) is 22.0 Å². The summed E-state index contributed by atoms with van der Waals surface area (Å²) in [4.78, 5) is 38.2. The molecule has 1 heterocycles. The van der Waals surface area contributed by atoms with Crippen LogP contribution < -0.4 is 15.0 Å². The van der Waals surface area contributed by atoms with Crippen molar-refractivity contribution in [3.05, 3.63) is 64.2 Å². The van der Waals surface area contributed by atoms with Gasteiger partial charge in [-0.05, 0) is 48.4 Å². The zero-order valence-electron chi connectivity index (χ0n) is 14.1. The van der Waals surface area contributed by atoms with Crippen LogP contribution in [0.5, 0.6) is 5.75 Å². The van der Waals surface area contributed by atoms with Crippen LogP contribution in [0.1, 0.15) is 11.1 Å². The first kappa shape index (κ1) is 17.7. The average molecular weight is 371 g/mol. The van der Waals surface area contributed by atoms with Gasteiger partial charge in [-0.2, -0.15) is 0 Å². The van der Waals surface area contributed by atoms with Crippen molar-refractivity contribution >= 4 is 41.2 Å². The van der Waals surface area contributed by atoms with E-state index in [-0.39, 0.29) is 5.57 Å². The van der Waals surface area contributed by atoms with E-state index in [1.165, 1.54) is 13.2 Å². The summed E-state index contributed by atoms with van der Waals surface area (Å²) in [5.74, 6) is -0.976. The van der Waals surface area contributed by atoms with E-state index in [0.717, 1.165) is 10.5 Å². The van der Waals surface area contributed by atoms with E-state index in [1.54, 1.807) is 49.4 Å². The molecule has 1 aliphatic heterocycles. The fourth-order valence-electron chi connectivity index (χ4n) is 2.64. The number of halogens is 1. The Morgan fingerprint density at radius 2 is 1.85 bits per heavy atom. The van der Waals surface area contributed by atoms with E-state index in [4.69, 9.17) is 16.3 Å². The highest BCUT2D eigenvalue weighted by molar-refractivity contribution is 6.39. The normalized spacial score (nSPS) is 16.0. The van der Waals surface area contributed by atoms with Crippen LogP contribution in [0.2, 0.25) is 5.02 Å². The van der Waals surface area contributed by atoms with Gasteiger partial charge in [-0.1, -0.05) is 29.8 Å². The molecule has 6 nitrogen and oxygen atoms in total. The third-order valence-electron chi connectivity index (χ3n) is 3.90. The van der Waals surface area contributed by atoms with E-state index in [2.05, 4.69) is 5.32 Å². The molecular formula is C19H15ClN2O4. The molecule has 0 unspecified atom stereocenters. The van der Waals surface area contributed by atoms with Gasteiger partial charge in [0.1, 0.15) is 11.3 Å².